The van der Waals surface area contributed by atoms with Gasteiger partial charge in [-0.1, -0.05) is 0 Å². The number of methoxy groups -OCH3 is 1. The third-order valence-corrected chi connectivity index (χ3v) is 6.23. The fraction of sp³-hybridized carbons (Fsp3) is 0.227. The molecule has 0 aliphatic carbocycles. The largest absolute Gasteiger partial charge is 0.493 e. The number of nitro benzene ring substituents is 2. The summed E-state index contributed by atoms with van der Waals surface area (Å²) in [6.45, 7) is 5.33. The standard InChI is InChI=1S/C22H21BrN6O7/c1-12(24-25-21(30)11-27-14(3)22(23)13(2)26-27)15-5-7-19(20(9-15)35-4)36-18-8-6-16(28(31)32)10-17(18)29(33)34/h5-10H,11H2,1-4H3,(H,25,30). The third-order valence-electron chi connectivity index (χ3n) is 5.09. The Hall–Kier alpha value is -4.33. The van der Waals surface area contributed by atoms with Crippen LogP contribution < -0.4 is 14.9 Å². The van der Waals surface area contributed by atoms with Gasteiger partial charge in [0.2, 0.25) is 5.75 Å². The Labute approximate surface area is 213 Å². The van der Waals surface area contributed by atoms with Crippen LogP contribution >= 0.6 is 15.9 Å². The fourth-order valence-electron chi connectivity index (χ4n) is 3.15. The van der Waals surface area contributed by atoms with Crippen LogP contribution in [0.4, 0.5) is 11.4 Å². The van der Waals surface area contributed by atoms with Gasteiger partial charge in [0.05, 0.1) is 44.6 Å². The normalized spacial score (nSPS) is 11.2. The number of hydrazone groups is 1. The average molecular weight is 561 g/mol. The number of amides is 1. The smallest absolute Gasteiger partial charge is 0.318 e. The molecule has 0 saturated heterocycles. The molecule has 0 bridgehead atoms. The molecule has 3 aromatic rings. The van der Waals surface area contributed by atoms with Crippen LogP contribution in [0, 0.1) is 34.1 Å². The molecule has 1 N–H and O–H groups in total. The fourth-order valence-corrected chi connectivity index (χ4v) is 3.44. The number of non-ortho nitro benzene ring substituents is 1. The van der Waals surface area contributed by atoms with E-state index in [9.17, 15) is 25.0 Å². The molecule has 3 rings (SSSR count). The molecule has 0 fully saturated rings. The Bertz CT molecular complexity index is 1390. The van der Waals surface area contributed by atoms with Crippen LogP contribution in [0.1, 0.15) is 23.9 Å². The van der Waals surface area contributed by atoms with Gasteiger partial charge in [0, 0.05) is 11.6 Å². The van der Waals surface area contributed by atoms with Crippen molar-refractivity contribution >= 4 is 38.9 Å². The number of aryl methyl sites for hydroxylation is 1. The summed E-state index contributed by atoms with van der Waals surface area (Å²) in [4.78, 5) is 33.1. The van der Waals surface area contributed by atoms with Crippen LogP contribution in [0.15, 0.2) is 46.0 Å². The highest BCUT2D eigenvalue weighted by Gasteiger charge is 2.22. The number of hydrogen-bond donors (Lipinski definition) is 1. The summed E-state index contributed by atoms with van der Waals surface area (Å²) in [5.74, 6) is -0.186. The van der Waals surface area contributed by atoms with Gasteiger partial charge in [-0.05, 0) is 61.0 Å². The van der Waals surface area contributed by atoms with Gasteiger partial charge in [-0.3, -0.25) is 29.7 Å². The number of hydrogen-bond acceptors (Lipinski definition) is 9. The van der Waals surface area contributed by atoms with Gasteiger partial charge < -0.3 is 9.47 Å². The zero-order valence-corrected chi connectivity index (χ0v) is 21.2. The van der Waals surface area contributed by atoms with Crippen molar-refractivity contribution in [1.29, 1.82) is 0 Å². The second-order valence-corrected chi connectivity index (χ2v) is 8.30. The first-order valence-corrected chi connectivity index (χ1v) is 11.1. The second kappa shape index (κ2) is 10.9. The predicted molar refractivity (Wildman–Crippen MR) is 133 cm³/mol. The molecule has 0 saturated carbocycles. The number of nitrogens with zero attached hydrogens (tertiary/aromatic N) is 5. The van der Waals surface area contributed by atoms with Crippen LogP contribution in [-0.2, 0) is 11.3 Å². The molecule has 188 valence electrons. The maximum absolute atomic E-state index is 12.3. The SMILES string of the molecule is COc1cc(C(C)=NNC(=O)Cn2nc(C)c(Br)c2C)ccc1Oc1ccc([N+](=O)[O-])cc1[N+](=O)[O-]. The van der Waals surface area contributed by atoms with E-state index in [1.165, 1.54) is 13.2 Å². The molecule has 1 heterocycles. The summed E-state index contributed by atoms with van der Waals surface area (Å²) in [5.41, 5.74) is 4.12. The van der Waals surface area contributed by atoms with Crippen molar-refractivity contribution in [3.8, 4) is 17.2 Å². The Kier molecular flexibility index (Phi) is 7.99. The molecular formula is C22H21BrN6O7. The molecule has 0 spiro atoms. The summed E-state index contributed by atoms with van der Waals surface area (Å²) >= 11 is 3.42. The summed E-state index contributed by atoms with van der Waals surface area (Å²) in [7, 11) is 1.39. The Balaban J connectivity index is 1.78. The monoisotopic (exact) mass is 560 g/mol. The van der Waals surface area contributed by atoms with E-state index in [0.29, 0.717) is 11.3 Å². The lowest BCUT2D eigenvalue weighted by Gasteiger charge is -2.12. The highest BCUT2D eigenvalue weighted by Crippen LogP contribution is 2.38. The first-order valence-electron chi connectivity index (χ1n) is 10.3. The van der Waals surface area contributed by atoms with E-state index >= 15 is 0 Å². The van der Waals surface area contributed by atoms with Crippen molar-refractivity contribution in [2.45, 2.75) is 27.3 Å². The maximum atomic E-state index is 12.3. The summed E-state index contributed by atoms with van der Waals surface area (Å²) in [6.07, 6.45) is 0. The number of nitro groups is 2. The molecule has 0 radical (unpaired) electrons. The van der Waals surface area contributed by atoms with Crippen molar-refractivity contribution in [2.75, 3.05) is 7.11 Å². The summed E-state index contributed by atoms with van der Waals surface area (Å²) in [6, 6.07) is 7.78. The lowest BCUT2D eigenvalue weighted by Crippen LogP contribution is -2.25. The molecule has 0 aliphatic rings. The quantitative estimate of drug-likeness (QED) is 0.228. The average Bonchev–Trinajstić information content (AvgIpc) is 3.08. The van der Waals surface area contributed by atoms with Gasteiger partial charge in [-0.25, -0.2) is 5.43 Å². The molecule has 0 unspecified atom stereocenters. The topological polar surface area (TPSA) is 164 Å². The zero-order valence-electron chi connectivity index (χ0n) is 19.6. The number of rotatable bonds is 9. The minimum atomic E-state index is -0.770. The van der Waals surface area contributed by atoms with Gasteiger partial charge in [-0.2, -0.15) is 10.2 Å². The maximum Gasteiger partial charge on any atom is 0.318 e. The highest BCUT2D eigenvalue weighted by atomic mass is 79.9. The number of halogens is 1. The molecular weight excluding hydrogens is 540 g/mol. The molecule has 1 aromatic heterocycles. The number of benzene rings is 2. The molecule has 13 nitrogen and oxygen atoms in total. The van der Waals surface area contributed by atoms with E-state index in [1.54, 1.807) is 23.7 Å². The van der Waals surface area contributed by atoms with Gasteiger partial charge >= 0.3 is 5.69 Å². The molecule has 0 atom stereocenters. The van der Waals surface area contributed by atoms with E-state index in [-0.39, 0.29) is 29.7 Å². The second-order valence-electron chi connectivity index (χ2n) is 7.51. The van der Waals surface area contributed by atoms with Crippen LogP contribution in [0.2, 0.25) is 0 Å². The van der Waals surface area contributed by atoms with E-state index in [2.05, 4.69) is 31.6 Å². The number of ether oxygens (including phenoxy) is 2. The Morgan fingerprint density at radius 2 is 1.81 bits per heavy atom. The third kappa shape index (κ3) is 5.83. The van der Waals surface area contributed by atoms with Crippen LogP contribution in [0.25, 0.3) is 0 Å². The van der Waals surface area contributed by atoms with Crippen molar-refractivity contribution < 1.29 is 24.1 Å². The van der Waals surface area contributed by atoms with E-state index in [0.717, 1.165) is 34.1 Å². The molecule has 0 aliphatic heterocycles. The first kappa shape index (κ1) is 26.3. The van der Waals surface area contributed by atoms with Gasteiger partial charge in [0.15, 0.2) is 11.5 Å². The van der Waals surface area contributed by atoms with Crippen molar-refractivity contribution in [3.63, 3.8) is 0 Å². The number of carbonyl (C=O) groups is 1. The first-order chi connectivity index (χ1) is 17.0. The van der Waals surface area contributed by atoms with E-state index < -0.39 is 21.2 Å². The van der Waals surface area contributed by atoms with Crippen LogP contribution in [0.5, 0.6) is 17.2 Å². The Morgan fingerprint density at radius 1 is 1.11 bits per heavy atom. The lowest BCUT2D eigenvalue weighted by molar-refractivity contribution is -0.394. The van der Waals surface area contributed by atoms with E-state index in [4.69, 9.17) is 9.47 Å². The minimum Gasteiger partial charge on any atom is -0.493 e. The number of aromatic nitrogens is 2. The van der Waals surface area contributed by atoms with Crippen molar-refractivity contribution in [1.82, 2.24) is 15.2 Å². The molecule has 1 amide bonds. The van der Waals surface area contributed by atoms with Gasteiger partial charge in [0.25, 0.3) is 11.6 Å². The van der Waals surface area contributed by atoms with Crippen LogP contribution in [-0.4, -0.2) is 38.4 Å². The molecule has 2 aromatic carbocycles. The zero-order chi connectivity index (χ0) is 26.6. The predicted octanol–water partition coefficient (Wildman–Crippen LogP) is 4.42. The molecule has 14 heteroatoms. The minimum absolute atomic E-state index is 0.0147. The number of carbonyl (C=O) groups excluding carboxylic acids is 1. The highest BCUT2D eigenvalue weighted by molar-refractivity contribution is 9.10. The Morgan fingerprint density at radius 3 is 2.39 bits per heavy atom. The summed E-state index contributed by atoms with van der Waals surface area (Å²) < 4.78 is 13.4. The van der Waals surface area contributed by atoms with E-state index in [1.807, 2.05) is 13.8 Å². The summed E-state index contributed by atoms with van der Waals surface area (Å²) in [5, 5.41) is 30.7. The van der Waals surface area contributed by atoms with Crippen molar-refractivity contribution in [3.05, 3.63) is 78.1 Å². The van der Waals surface area contributed by atoms with Crippen molar-refractivity contribution in [2.24, 2.45) is 5.10 Å². The number of nitrogens with one attached hydrogen (secondary N) is 1. The lowest BCUT2D eigenvalue weighted by atomic mass is 10.1. The van der Waals surface area contributed by atoms with Gasteiger partial charge in [-0.15, -0.1) is 0 Å². The van der Waals surface area contributed by atoms with Gasteiger partial charge in [0.1, 0.15) is 6.54 Å². The van der Waals surface area contributed by atoms with Crippen LogP contribution in [0.3, 0.4) is 0 Å². The molecule has 36 heavy (non-hydrogen) atoms.